The van der Waals surface area contributed by atoms with E-state index in [1.165, 1.54) is 6.07 Å². The summed E-state index contributed by atoms with van der Waals surface area (Å²) in [6.45, 7) is 6.40. The van der Waals surface area contributed by atoms with E-state index in [0.717, 1.165) is 60.8 Å². The van der Waals surface area contributed by atoms with Crippen LogP contribution in [0.1, 0.15) is 29.8 Å². The Morgan fingerprint density at radius 1 is 1.10 bits per heavy atom. The first-order chi connectivity index (χ1) is 14.5. The summed E-state index contributed by atoms with van der Waals surface area (Å²) in [5, 5.41) is 7.54. The van der Waals surface area contributed by atoms with Gasteiger partial charge in [0.05, 0.1) is 11.4 Å². The molecule has 2 heterocycles. The molecule has 1 N–H and O–H groups in total. The maximum absolute atomic E-state index is 13.4. The molecule has 0 aliphatic carbocycles. The zero-order chi connectivity index (χ0) is 21.1. The van der Waals surface area contributed by atoms with Crippen molar-refractivity contribution in [1.82, 2.24) is 14.7 Å². The van der Waals surface area contributed by atoms with Gasteiger partial charge in [0.25, 0.3) is 0 Å². The number of hydrogen-bond acceptors (Lipinski definition) is 3. The van der Waals surface area contributed by atoms with Gasteiger partial charge in [-0.15, -0.1) is 0 Å². The van der Waals surface area contributed by atoms with E-state index in [0.29, 0.717) is 0 Å². The van der Waals surface area contributed by atoms with Crippen molar-refractivity contribution in [2.75, 3.05) is 18.4 Å². The van der Waals surface area contributed by atoms with Gasteiger partial charge >= 0.3 is 0 Å². The van der Waals surface area contributed by atoms with Crippen molar-refractivity contribution in [3.8, 4) is 5.69 Å². The number of aryl methyl sites for hydroxylation is 2. The SMILES string of the molecule is Cc1cc(C)n(-c2ccc(NC(=O)C3CCN(Cc4cccc(F)c4)CC3)cc2)n1. The van der Waals surface area contributed by atoms with Crippen LogP contribution in [-0.2, 0) is 11.3 Å². The molecule has 1 saturated heterocycles. The minimum Gasteiger partial charge on any atom is -0.326 e. The monoisotopic (exact) mass is 406 g/mol. The highest BCUT2D eigenvalue weighted by Gasteiger charge is 2.25. The lowest BCUT2D eigenvalue weighted by molar-refractivity contribution is -0.121. The maximum atomic E-state index is 13.4. The van der Waals surface area contributed by atoms with Crippen LogP contribution in [0.25, 0.3) is 5.69 Å². The smallest absolute Gasteiger partial charge is 0.227 e. The van der Waals surface area contributed by atoms with Crippen LogP contribution < -0.4 is 5.32 Å². The Labute approximate surface area is 176 Å². The molecule has 1 aromatic heterocycles. The number of anilines is 1. The number of carbonyl (C=O) groups is 1. The summed E-state index contributed by atoms with van der Waals surface area (Å²) >= 11 is 0. The molecule has 0 atom stereocenters. The Kier molecular flexibility index (Phi) is 5.95. The zero-order valence-electron chi connectivity index (χ0n) is 17.4. The molecule has 0 bridgehead atoms. The molecule has 0 spiro atoms. The maximum Gasteiger partial charge on any atom is 0.227 e. The number of amides is 1. The molecule has 2 aromatic carbocycles. The third-order valence-corrected chi connectivity index (χ3v) is 5.64. The van der Waals surface area contributed by atoms with Crippen molar-refractivity contribution >= 4 is 11.6 Å². The second-order valence-electron chi connectivity index (χ2n) is 8.06. The van der Waals surface area contributed by atoms with Crippen molar-refractivity contribution in [2.24, 2.45) is 5.92 Å². The Morgan fingerprint density at radius 2 is 1.83 bits per heavy atom. The van der Waals surface area contributed by atoms with Crippen molar-refractivity contribution in [2.45, 2.75) is 33.2 Å². The highest BCUT2D eigenvalue weighted by molar-refractivity contribution is 5.92. The van der Waals surface area contributed by atoms with Crippen LogP contribution in [0.2, 0.25) is 0 Å². The van der Waals surface area contributed by atoms with Crippen LogP contribution in [0.4, 0.5) is 10.1 Å². The molecule has 156 valence electrons. The lowest BCUT2D eigenvalue weighted by atomic mass is 9.95. The van der Waals surface area contributed by atoms with Crippen molar-refractivity contribution in [3.05, 3.63) is 77.4 Å². The van der Waals surface area contributed by atoms with Gasteiger partial charge in [0.1, 0.15) is 5.82 Å². The Balaban J connectivity index is 1.30. The number of benzene rings is 2. The van der Waals surface area contributed by atoms with E-state index >= 15 is 0 Å². The second-order valence-corrected chi connectivity index (χ2v) is 8.06. The first kappa shape index (κ1) is 20.3. The van der Waals surface area contributed by atoms with Crippen molar-refractivity contribution in [3.63, 3.8) is 0 Å². The fourth-order valence-corrected chi connectivity index (χ4v) is 4.07. The van der Waals surface area contributed by atoms with Crippen LogP contribution in [0, 0.1) is 25.6 Å². The molecule has 4 rings (SSSR count). The molecule has 0 saturated carbocycles. The van der Waals surface area contributed by atoms with Crippen molar-refractivity contribution in [1.29, 1.82) is 0 Å². The van der Waals surface area contributed by atoms with Gasteiger partial charge in [-0.1, -0.05) is 12.1 Å². The molecule has 0 radical (unpaired) electrons. The number of hydrogen-bond donors (Lipinski definition) is 1. The third-order valence-electron chi connectivity index (χ3n) is 5.64. The van der Waals surface area contributed by atoms with Gasteiger partial charge in [-0.3, -0.25) is 9.69 Å². The quantitative estimate of drug-likeness (QED) is 0.680. The molecular weight excluding hydrogens is 379 g/mol. The number of nitrogens with one attached hydrogen (secondary N) is 1. The van der Waals surface area contributed by atoms with E-state index in [-0.39, 0.29) is 17.6 Å². The van der Waals surface area contributed by atoms with Gasteiger partial charge < -0.3 is 5.32 Å². The minimum atomic E-state index is -0.203. The fraction of sp³-hybridized carbons (Fsp3) is 0.333. The van der Waals surface area contributed by atoms with Gasteiger partial charge in [-0.25, -0.2) is 9.07 Å². The lowest BCUT2D eigenvalue weighted by Gasteiger charge is -2.31. The summed E-state index contributed by atoms with van der Waals surface area (Å²) in [6.07, 6.45) is 1.62. The predicted molar refractivity (Wildman–Crippen MR) is 116 cm³/mol. The zero-order valence-corrected chi connectivity index (χ0v) is 17.4. The number of carbonyl (C=O) groups excluding carboxylic acids is 1. The number of piperidine rings is 1. The van der Waals surface area contributed by atoms with E-state index in [1.54, 1.807) is 12.1 Å². The predicted octanol–water partition coefficient (Wildman–Crippen LogP) is 4.48. The van der Waals surface area contributed by atoms with E-state index in [9.17, 15) is 9.18 Å². The molecule has 1 aliphatic heterocycles. The summed E-state index contributed by atoms with van der Waals surface area (Å²) in [5.74, 6) is -0.130. The first-order valence-corrected chi connectivity index (χ1v) is 10.4. The number of nitrogens with zero attached hydrogens (tertiary/aromatic N) is 3. The average Bonchev–Trinajstić information content (AvgIpc) is 3.07. The molecule has 5 nitrogen and oxygen atoms in total. The van der Waals surface area contributed by atoms with Crippen LogP contribution in [0.5, 0.6) is 0 Å². The Morgan fingerprint density at radius 3 is 2.47 bits per heavy atom. The van der Waals surface area contributed by atoms with Gasteiger partial charge in [0, 0.05) is 23.8 Å². The Hall–Kier alpha value is -2.99. The normalized spacial score (nSPS) is 15.3. The number of rotatable bonds is 5. The summed E-state index contributed by atoms with van der Waals surface area (Å²) < 4.78 is 15.3. The summed E-state index contributed by atoms with van der Waals surface area (Å²) in [6, 6.07) is 16.5. The van der Waals surface area contributed by atoms with Crippen LogP contribution >= 0.6 is 0 Å². The highest BCUT2D eigenvalue weighted by Crippen LogP contribution is 2.22. The van der Waals surface area contributed by atoms with E-state index < -0.39 is 0 Å². The van der Waals surface area contributed by atoms with Gasteiger partial charge in [-0.05, 0) is 87.8 Å². The summed E-state index contributed by atoms with van der Waals surface area (Å²) in [4.78, 5) is 15.0. The largest absolute Gasteiger partial charge is 0.326 e. The van der Waals surface area contributed by atoms with Gasteiger partial charge in [0.15, 0.2) is 0 Å². The molecular formula is C24H27FN4O. The van der Waals surface area contributed by atoms with E-state index in [2.05, 4.69) is 15.3 Å². The molecule has 6 heteroatoms. The molecule has 3 aromatic rings. The fourth-order valence-electron chi connectivity index (χ4n) is 4.07. The number of likely N-dealkylation sites (tertiary alicyclic amines) is 1. The third kappa shape index (κ3) is 4.76. The molecule has 1 fully saturated rings. The molecule has 30 heavy (non-hydrogen) atoms. The van der Waals surface area contributed by atoms with Gasteiger partial charge in [-0.2, -0.15) is 5.10 Å². The van der Waals surface area contributed by atoms with Crippen LogP contribution in [0.15, 0.2) is 54.6 Å². The minimum absolute atomic E-state index is 0.00412. The Bertz CT molecular complexity index is 1020. The van der Waals surface area contributed by atoms with Crippen molar-refractivity contribution < 1.29 is 9.18 Å². The van der Waals surface area contributed by atoms with Gasteiger partial charge in [0.2, 0.25) is 5.91 Å². The first-order valence-electron chi connectivity index (χ1n) is 10.4. The highest BCUT2D eigenvalue weighted by atomic mass is 19.1. The molecule has 0 unspecified atom stereocenters. The van der Waals surface area contributed by atoms with Crippen LogP contribution in [0.3, 0.4) is 0 Å². The van der Waals surface area contributed by atoms with E-state index in [4.69, 9.17) is 0 Å². The summed E-state index contributed by atoms with van der Waals surface area (Å²) in [7, 11) is 0. The second kappa shape index (κ2) is 8.79. The topological polar surface area (TPSA) is 50.2 Å². The lowest BCUT2D eigenvalue weighted by Crippen LogP contribution is -2.37. The molecule has 1 amide bonds. The standard InChI is InChI=1S/C24H27FN4O/c1-17-14-18(2)29(27-17)23-8-6-22(7-9-23)26-24(30)20-10-12-28(13-11-20)16-19-4-3-5-21(25)15-19/h3-9,14-15,20H,10-13,16H2,1-2H3,(H,26,30). The van der Waals surface area contributed by atoms with E-state index in [1.807, 2.05) is 54.9 Å². The number of halogens is 1. The molecule has 1 aliphatic rings. The van der Waals surface area contributed by atoms with Crippen LogP contribution in [-0.4, -0.2) is 33.7 Å². The summed E-state index contributed by atoms with van der Waals surface area (Å²) in [5.41, 5.74) is 4.81. The number of aromatic nitrogens is 2. The average molecular weight is 407 g/mol.